The van der Waals surface area contributed by atoms with Gasteiger partial charge in [-0.1, -0.05) is 6.07 Å². The summed E-state index contributed by atoms with van der Waals surface area (Å²) in [6.45, 7) is 0. The molecule has 2 rings (SSSR count). The van der Waals surface area contributed by atoms with Crippen LogP contribution in [0, 0.1) is 5.82 Å². The largest absolute Gasteiger partial charge is 0.417 e. The maximum Gasteiger partial charge on any atom is 0.417 e. The summed E-state index contributed by atoms with van der Waals surface area (Å²) in [5, 5.41) is 0. The Labute approximate surface area is 117 Å². The summed E-state index contributed by atoms with van der Waals surface area (Å²) in [5.74, 6) is -1.73. The van der Waals surface area contributed by atoms with E-state index in [1.165, 1.54) is 18.3 Å². The molecule has 0 aliphatic rings. The molecule has 0 bridgehead atoms. The Hall–Kier alpha value is -2.44. The van der Waals surface area contributed by atoms with Crippen LogP contribution in [0.15, 0.2) is 36.5 Å². The fourth-order valence-electron chi connectivity index (χ4n) is 1.86. The molecule has 0 saturated heterocycles. The van der Waals surface area contributed by atoms with E-state index in [4.69, 9.17) is 5.73 Å². The summed E-state index contributed by atoms with van der Waals surface area (Å²) in [6, 6.07) is 4.78. The Morgan fingerprint density at radius 3 is 2.57 bits per heavy atom. The summed E-state index contributed by atoms with van der Waals surface area (Å²) in [6.07, 6.45) is -3.72. The van der Waals surface area contributed by atoms with Gasteiger partial charge in [-0.15, -0.1) is 0 Å². The third-order valence-corrected chi connectivity index (χ3v) is 2.86. The molecule has 0 radical (unpaired) electrons. The lowest BCUT2D eigenvalue weighted by Gasteiger charge is -2.12. The zero-order valence-corrected chi connectivity index (χ0v) is 10.6. The summed E-state index contributed by atoms with van der Waals surface area (Å²) in [4.78, 5) is 15.8. The fraction of sp³-hybridized carbons (Fsp3) is 0.143. The smallest absolute Gasteiger partial charge is 0.383 e. The number of pyridine rings is 1. The minimum atomic E-state index is -4.74. The molecule has 1 aromatic carbocycles. The number of ketones is 1. The minimum Gasteiger partial charge on any atom is -0.383 e. The standard InChI is InChI=1S/C14H10F4N2O/c15-9-3-4-11(14(16,17)18)10(7-9)12(21)6-8-2-1-5-20-13(8)19/h1-5,7H,6H2,(H2,19,20). The number of Topliss-reactive ketones (excluding diaryl/α,β-unsaturated/α-hetero) is 1. The molecule has 0 fully saturated rings. The lowest BCUT2D eigenvalue weighted by Crippen LogP contribution is -2.15. The summed E-state index contributed by atoms with van der Waals surface area (Å²) in [7, 11) is 0. The molecule has 0 spiro atoms. The van der Waals surface area contributed by atoms with Crippen molar-refractivity contribution < 1.29 is 22.4 Å². The number of alkyl halides is 3. The topological polar surface area (TPSA) is 56.0 Å². The normalized spacial score (nSPS) is 11.4. The van der Waals surface area contributed by atoms with E-state index in [1.807, 2.05) is 0 Å². The molecular weight excluding hydrogens is 288 g/mol. The molecule has 0 aliphatic carbocycles. The van der Waals surface area contributed by atoms with Gasteiger partial charge in [0.1, 0.15) is 11.6 Å². The Morgan fingerprint density at radius 2 is 1.95 bits per heavy atom. The van der Waals surface area contributed by atoms with E-state index in [-0.39, 0.29) is 12.2 Å². The van der Waals surface area contributed by atoms with Gasteiger partial charge in [0.25, 0.3) is 0 Å². The number of nitrogens with two attached hydrogens (primary N) is 1. The first-order valence-electron chi connectivity index (χ1n) is 5.88. The quantitative estimate of drug-likeness (QED) is 0.699. The van der Waals surface area contributed by atoms with Gasteiger partial charge < -0.3 is 5.73 Å². The highest BCUT2D eigenvalue weighted by Crippen LogP contribution is 2.33. The average molecular weight is 298 g/mol. The third-order valence-electron chi connectivity index (χ3n) is 2.86. The Balaban J connectivity index is 2.40. The molecule has 21 heavy (non-hydrogen) atoms. The van der Waals surface area contributed by atoms with Crippen LogP contribution in [-0.4, -0.2) is 10.8 Å². The third kappa shape index (κ3) is 3.36. The predicted molar refractivity (Wildman–Crippen MR) is 68.1 cm³/mol. The lowest BCUT2D eigenvalue weighted by molar-refractivity contribution is -0.137. The summed E-state index contributed by atoms with van der Waals surface area (Å²) < 4.78 is 51.7. The van der Waals surface area contributed by atoms with Crippen LogP contribution in [-0.2, 0) is 12.6 Å². The lowest BCUT2D eigenvalue weighted by atomic mass is 9.98. The van der Waals surface area contributed by atoms with Crippen LogP contribution in [0.5, 0.6) is 0 Å². The predicted octanol–water partition coefficient (Wildman–Crippen LogP) is 3.25. The molecule has 0 amide bonds. The van der Waals surface area contributed by atoms with Crippen molar-refractivity contribution in [1.82, 2.24) is 4.98 Å². The van der Waals surface area contributed by atoms with Gasteiger partial charge in [-0.25, -0.2) is 9.37 Å². The van der Waals surface area contributed by atoms with E-state index in [1.54, 1.807) is 0 Å². The molecule has 2 N–H and O–H groups in total. The summed E-state index contributed by atoms with van der Waals surface area (Å²) >= 11 is 0. The number of benzene rings is 1. The van der Waals surface area contributed by atoms with Gasteiger partial charge in [-0.05, 0) is 24.3 Å². The van der Waals surface area contributed by atoms with Crippen LogP contribution in [0.25, 0.3) is 0 Å². The van der Waals surface area contributed by atoms with Crippen molar-refractivity contribution in [3.63, 3.8) is 0 Å². The van der Waals surface area contributed by atoms with Gasteiger partial charge in [-0.2, -0.15) is 13.2 Å². The number of hydrogen-bond acceptors (Lipinski definition) is 3. The Kier molecular flexibility index (Phi) is 3.93. The number of nitrogens with zero attached hydrogens (tertiary/aromatic N) is 1. The van der Waals surface area contributed by atoms with E-state index in [2.05, 4.69) is 4.98 Å². The molecular formula is C14H10F4N2O. The van der Waals surface area contributed by atoms with Crippen molar-refractivity contribution in [2.45, 2.75) is 12.6 Å². The monoisotopic (exact) mass is 298 g/mol. The van der Waals surface area contributed by atoms with Crippen LogP contribution in [0.3, 0.4) is 0 Å². The number of carbonyl (C=O) groups excluding carboxylic acids is 1. The first-order chi connectivity index (χ1) is 9.79. The zero-order valence-electron chi connectivity index (χ0n) is 10.6. The highest BCUT2D eigenvalue weighted by molar-refractivity contribution is 5.99. The first kappa shape index (κ1) is 15.0. The van der Waals surface area contributed by atoms with Crippen molar-refractivity contribution in [3.8, 4) is 0 Å². The van der Waals surface area contributed by atoms with Gasteiger partial charge in [0, 0.05) is 23.7 Å². The molecule has 1 aromatic heterocycles. The molecule has 2 aromatic rings. The fourth-order valence-corrected chi connectivity index (χ4v) is 1.86. The highest BCUT2D eigenvalue weighted by Gasteiger charge is 2.35. The molecule has 0 saturated carbocycles. The van der Waals surface area contributed by atoms with E-state index in [0.29, 0.717) is 23.8 Å². The van der Waals surface area contributed by atoms with Gasteiger partial charge in [-0.3, -0.25) is 4.79 Å². The number of rotatable bonds is 3. The van der Waals surface area contributed by atoms with Gasteiger partial charge in [0.2, 0.25) is 0 Å². The number of carbonyl (C=O) groups is 1. The molecule has 3 nitrogen and oxygen atoms in total. The second-order valence-electron chi connectivity index (χ2n) is 4.34. The van der Waals surface area contributed by atoms with E-state index in [9.17, 15) is 22.4 Å². The molecule has 7 heteroatoms. The highest BCUT2D eigenvalue weighted by atomic mass is 19.4. The maximum atomic E-state index is 13.2. The van der Waals surface area contributed by atoms with E-state index < -0.39 is 28.9 Å². The number of hydrogen-bond donors (Lipinski definition) is 1. The van der Waals surface area contributed by atoms with Crippen molar-refractivity contribution in [2.24, 2.45) is 0 Å². The van der Waals surface area contributed by atoms with Crippen molar-refractivity contribution in [1.29, 1.82) is 0 Å². The second-order valence-corrected chi connectivity index (χ2v) is 4.34. The SMILES string of the molecule is Nc1ncccc1CC(=O)c1cc(F)ccc1C(F)(F)F. The van der Waals surface area contributed by atoms with Gasteiger partial charge in [0.15, 0.2) is 5.78 Å². The molecule has 0 atom stereocenters. The Morgan fingerprint density at radius 1 is 1.24 bits per heavy atom. The van der Waals surface area contributed by atoms with Crippen molar-refractivity contribution >= 4 is 11.6 Å². The summed E-state index contributed by atoms with van der Waals surface area (Å²) in [5.41, 5.74) is 3.95. The Bertz CT molecular complexity index is 683. The molecule has 0 unspecified atom stereocenters. The second kappa shape index (κ2) is 5.51. The van der Waals surface area contributed by atoms with Crippen LogP contribution >= 0.6 is 0 Å². The van der Waals surface area contributed by atoms with Crippen molar-refractivity contribution in [2.75, 3.05) is 5.73 Å². The maximum absolute atomic E-state index is 13.2. The van der Waals surface area contributed by atoms with Gasteiger partial charge in [0.05, 0.1) is 5.56 Å². The van der Waals surface area contributed by atoms with Crippen LogP contribution in [0.4, 0.5) is 23.4 Å². The molecule has 0 aliphatic heterocycles. The first-order valence-corrected chi connectivity index (χ1v) is 5.88. The van der Waals surface area contributed by atoms with Crippen LogP contribution in [0.1, 0.15) is 21.5 Å². The van der Waals surface area contributed by atoms with Crippen LogP contribution in [0.2, 0.25) is 0 Å². The molecule has 1 heterocycles. The number of nitrogen functional groups attached to an aromatic ring is 1. The van der Waals surface area contributed by atoms with Gasteiger partial charge >= 0.3 is 6.18 Å². The van der Waals surface area contributed by atoms with Crippen molar-refractivity contribution in [3.05, 3.63) is 59.0 Å². The van der Waals surface area contributed by atoms with Crippen LogP contribution < -0.4 is 5.73 Å². The number of aromatic nitrogens is 1. The number of anilines is 1. The molecule has 110 valence electrons. The van der Waals surface area contributed by atoms with E-state index in [0.717, 1.165) is 0 Å². The number of halogens is 4. The average Bonchev–Trinajstić information content (AvgIpc) is 2.40. The minimum absolute atomic E-state index is 0.0517. The zero-order chi connectivity index (χ0) is 15.6. The van der Waals surface area contributed by atoms with E-state index >= 15 is 0 Å².